The van der Waals surface area contributed by atoms with Gasteiger partial charge in [0, 0.05) is 26.7 Å². The van der Waals surface area contributed by atoms with Crippen molar-refractivity contribution in [3.05, 3.63) is 0 Å². The monoisotopic (exact) mass is 664 g/mol. The van der Waals surface area contributed by atoms with E-state index in [1.807, 2.05) is 27.7 Å². The second-order valence-corrected chi connectivity index (χ2v) is 12.4. The van der Waals surface area contributed by atoms with Gasteiger partial charge in [0.2, 0.25) is 12.1 Å². The topological polar surface area (TPSA) is 214 Å². The van der Waals surface area contributed by atoms with Crippen LogP contribution in [0.4, 0.5) is 0 Å². The molecular weight excluding hydrogens is 612 g/mol. The van der Waals surface area contributed by atoms with Crippen LogP contribution >= 0.6 is 0 Å². The predicted molar refractivity (Wildman–Crippen MR) is 157 cm³/mol. The van der Waals surface area contributed by atoms with E-state index < -0.39 is 98.5 Å². The first-order valence-electron chi connectivity index (χ1n) is 16.0. The molecule has 0 aromatic heterocycles. The van der Waals surface area contributed by atoms with Crippen molar-refractivity contribution in [2.75, 3.05) is 19.8 Å². The van der Waals surface area contributed by atoms with Gasteiger partial charge in [-0.1, -0.05) is 47.0 Å². The average Bonchev–Trinajstić information content (AvgIpc) is 3.22. The zero-order valence-electron chi connectivity index (χ0n) is 27.6. The first-order valence-corrected chi connectivity index (χ1v) is 16.0. The number of esters is 4. The minimum Gasteiger partial charge on any atom is -0.463 e. The van der Waals surface area contributed by atoms with E-state index in [1.165, 1.54) is 0 Å². The van der Waals surface area contributed by atoms with Crippen molar-refractivity contribution < 1.29 is 72.8 Å². The van der Waals surface area contributed by atoms with Crippen molar-refractivity contribution >= 4 is 23.9 Å². The minimum atomic E-state index is -2.38. The van der Waals surface area contributed by atoms with E-state index in [9.17, 15) is 39.6 Å². The van der Waals surface area contributed by atoms with Gasteiger partial charge in [0.05, 0.1) is 6.61 Å². The average molecular weight is 665 g/mol. The molecule has 15 nitrogen and oxygen atoms in total. The maximum absolute atomic E-state index is 13.1. The Morgan fingerprint density at radius 3 is 1.96 bits per heavy atom. The van der Waals surface area contributed by atoms with Crippen LogP contribution in [0.1, 0.15) is 86.5 Å². The molecule has 0 aliphatic carbocycles. The molecule has 0 radical (unpaired) electrons. The summed E-state index contributed by atoms with van der Waals surface area (Å²) >= 11 is 0. The Labute approximate surface area is 269 Å². The summed E-state index contributed by atoms with van der Waals surface area (Å²) in [6, 6.07) is 0. The van der Waals surface area contributed by atoms with E-state index in [4.69, 9.17) is 33.2 Å². The van der Waals surface area contributed by atoms with Crippen LogP contribution in [-0.4, -0.2) is 119 Å². The van der Waals surface area contributed by atoms with Crippen LogP contribution < -0.4 is 0 Å². The van der Waals surface area contributed by atoms with E-state index in [-0.39, 0.29) is 12.8 Å². The van der Waals surface area contributed by atoms with Crippen LogP contribution in [0.2, 0.25) is 0 Å². The zero-order valence-corrected chi connectivity index (χ0v) is 27.6. The maximum atomic E-state index is 13.1. The largest absolute Gasteiger partial charge is 0.463 e. The molecule has 2 rings (SSSR count). The second-order valence-electron chi connectivity index (χ2n) is 12.4. The fraction of sp³-hybridized carbons (Fsp3) is 0.871. The third kappa shape index (κ3) is 11.7. The summed E-state index contributed by atoms with van der Waals surface area (Å²) in [5.41, 5.74) is 0. The highest BCUT2D eigenvalue weighted by molar-refractivity contribution is 5.71. The highest BCUT2D eigenvalue weighted by Gasteiger charge is 2.61. The molecular formula is C31H52O15. The number of hydrogen-bond donors (Lipinski definition) is 4. The molecule has 2 saturated heterocycles. The number of carbonyl (C=O) groups excluding carboxylic acids is 4. The summed E-state index contributed by atoms with van der Waals surface area (Å²) < 4.78 is 38.9. The van der Waals surface area contributed by atoms with Crippen LogP contribution in [0.5, 0.6) is 0 Å². The molecule has 10 atom stereocenters. The lowest BCUT2D eigenvalue weighted by Crippen LogP contribution is -2.64. The van der Waals surface area contributed by atoms with Crippen molar-refractivity contribution in [1.82, 2.24) is 0 Å². The first-order chi connectivity index (χ1) is 21.6. The van der Waals surface area contributed by atoms with Gasteiger partial charge < -0.3 is 53.6 Å². The number of aliphatic hydroxyl groups excluding tert-OH is 4. The van der Waals surface area contributed by atoms with Crippen molar-refractivity contribution in [3.8, 4) is 0 Å². The minimum absolute atomic E-state index is 0.00458. The third-order valence-electron chi connectivity index (χ3n) is 8.02. The molecule has 0 saturated carbocycles. The molecule has 0 unspecified atom stereocenters. The van der Waals surface area contributed by atoms with Crippen LogP contribution in [-0.2, 0) is 52.3 Å². The quantitative estimate of drug-likeness (QED) is 0.118. The summed E-state index contributed by atoms with van der Waals surface area (Å²) in [6.45, 7) is 8.18. The number of carbonyl (C=O) groups is 4. The summed E-state index contributed by atoms with van der Waals surface area (Å²) in [7, 11) is 0. The summed E-state index contributed by atoms with van der Waals surface area (Å²) in [5, 5.41) is 43.0. The Bertz CT molecular complexity index is 989. The number of rotatable bonds is 18. The van der Waals surface area contributed by atoms with E-state index >= 15 is 0 Å². The fourth-order valence-corrected chi connectivity index (χ4v) is 5.11. The zero-order chi connectivity index (χ0) is 34.6. The van der Waals surface area contributed by atoms with Gasteiger partial charge in [-0.15, -0.1) is 0 Å². The molecule has 4 N–H and O–H groups in total. The molecule has 15 heteroatoms. The molecule has 2 aliphatic rings. The molecule has 0 bridgehead atoms. The number of ether oxygens (including phenoxy) is 7. The van der Waals surface area contributed by atoms with Crippen molar-refractivity contribution in [3.63, 3.8) is 0 Å². The van der Waals surface area contributed by atoms with Crippen molar-refractivity contribution in [1.29, 1.82) is 0 Å². The summed E-state index contributed by atoms with van der Waals surface area (Å²) in [6.07, 6.45) is -9.80. The molecule has 2 aliphatic heterocycles. The molecule has 0 spiro atoms. The maximum Gasteiger partial charge on any atom is 0.306 e. The normalized spacial score (nSPS) is 31.7. The van der Waals surface area contributed by atoms with Gasteiger partial charge in [-0.2, -0.15) is 0 Å². The lowest BCUT2D eigenvalue weighted by Gasteiger charge is -2.45. The molecule has 0 amide bonds. The highest BCUT2D eigenvalue weighted by Crippen LogP contribution is 2.38. The smallest absolute Gasteiger partial charge is 0.306 e. The first kappa shape index (κ1) is 39.8. The van der Waals surface area contributed by atoms with Gasteiger partial charge in [-0.05, 0) is 24.7 Å². The van der Waals surface area contributed by atoms with Gasteiger partial charge in [-0.3, -0.25) is 19.2 Å². The second kappa shape index (κ2) is 18.8. The molecule has 2 heterocycles. The third-order valence-corrected chi connectivity index (χ3v) is 8.02. The Morgan fingerprint density at radius 1 is 0.826 bits per heavy atom. The lowest BCUT2D eigenvalue weighted by molar-refractivity contribution is -0.384. The van der Waals surface area contributed by atoms with E-state index in [2.05, 4.69) is 0 Å². The Morgan fingerprint density at radius 2 is 1.41 bits per heavy atom. The lowest BCUT2D eigenvalue weighted by atomic mass is 9.97. The number of aliphatic hydroxyl groups is 4. The van der Waals surface area contributed by atoms with Gasteiger partial charge >= 0.3 is 23.9 Å². The Kier molecular flexibility index (Phi) is 16.3. The van der Waals surface area contributed by atoms with Gasteiger partial charge in [-0.25, -0.2) is 0 Å². The van der Waals surface area contributed by atoms with E-state index in [0.29, 0.717) is 24.7 Å². The molecule has 2 fully saturated rings. The van der Waals surface area contributed by atoms with Crippen LogP contribution in [0.15, 0.2) is 0 Å². The Balaban J connectivity index is 2.45. The number of hydrogen-bond acceptors (Lipinski definition) is 15. The molecule has 0 aromatic carbocycles. The summed E-state index contributed by atoms with van der Waals surface area (Å²) in [4.78, 5) is 49.1. The standard InChI is InChI=1S/C31H52O15/c1-7-18(4)11-9-13-24(36)44-28-27(43-23(35)12-8-10-17(2)3)25(37)21(14-32)42-30(28)46-31(16-41-20(6)34)29(39)26(38)22(45-31)15-40-19(5)33/h17-18,21-22,25-30,32,37-39H,7-16H2,1-6H3/t18-,21+,22+,25+,26+,27-,28+,29-,30+,31-/m0/s1. The highest BCUT2D eigenvalue weighted by atomic mass is 16.8. The van der Waals surface area contributed by atoms with E-state index in [1.54, 1.807) is 0 Å². The van der Waals surface area contributed by atoms with Gasteiger partial charge in [0.25, 0.3) is 0 Å². The van der Waals surface area contributed by atoms with Crippen LogP contribution in [0, 0.1) is 11.8 Å². The predicted octanol–water partition coefficient (Wildman–Crippen LogP) is 0.891. The summed E-state index contributed by atoms with van der Waals surface area (Å²) in [5.74, 6) is -4.62. The van der Waals surface area contributed by atoms with Crippen LogP contribution in [0.25, 0.3) is 0 Å². The van der Waals surface area contributed by atoms with Crippen LogP contribution in [0.3, 0.4) is 0 Å². The molecule has 46 heavy (non-hydrogen) atoms. The van der Waals surface area contributed by atoms with Gasteiger partial charge in [0.15, 0.2) is 12.2 Å². The Hall–Kier alpha value is -2.40. The molecule has 0 aromatic rings. The fourth-order valence-electron chi connectivity index (χ4n) is 5.11. The van der Waals surface area contributed by atoms with E-state index in [0.717, 1.165) is 33.1 Å². The molecule has 266 valence electrons. The SMILES string of the molecule is CC[C@H](C)CCCC(=O)O[C@H]1[C@@H](O[C@]2(COC(C)=O)O[C@H](COC(C)=O)[C@@H](O)[C@@H]2O)O[C@H](CO)[C@@H](O)[C@@H]1OC(=O)CCCC(C)C. The van der Waals surface area contributed by atoms with Gasteiger partial charge in [0.1, 0.15) is 43.7 Å². The van der Waals surface area contributed by atoms with Crippen molar-refractivity contribution in [2.45, 2.75) is 141 Å². The van der Waals surface area contributed by atoms with Crippen molar-refractivity contribution in [2.24, 2.45) is 11.8 Å².